The van der Waals surface area contributed by atoms with E-state index in [1.54, 1.807) is 25.1 Å². The van der Waals surface area contributed by atoms with Crippen LogP contribution in [-0.2, 0) is 14.8 Å². The van der Waals surface area contributed by atoms with Crippen LogP contribution in [0.25, 0.3) is 0 Å². The molecule has 0 saturated heterocycles. The Morgan fingerprint density at radius 2 is 1.97 bits per heavy atom. The fourth-order valence-electron chi connectivity index (χ4n) is 3.53. The predicted octanol–water partition coefficient (Wildman–Crippen LogP) is 3.83. The van der Waals surface area contributed by atoms with Crippen LogP contribution in [-0.4, -0.2) is 32.7 Å². The molecular formula is C21H25ClN2O4S. The smallest absolute Gasteiger partial charge is 0.241 e. The van der Waals surface area contributed by atoms with E-state index in [1.165, 1.54) is 0 Å². The maximum absolute atomic E-state index is 12.9. The topological polar surface area (TPSA) is 75.7 Å². The Hall–Kier alpha value is -2.25. The number of aryl methyl sites for hydroxylation is 1. The number of ether oxygens (including phenoxy) is 1. The van der Waals surface area contributed by atoms with Crippen molar-refractivity contribution in [3.05, 3.63) is 58.6 Å². The Kier molecular flexibility index (Phi) is 5.83. The minimum Gasteiger partial charge on any atom is -0.487 e. The number of carbonyl (C=O) groups excluding carboxylic acids is 1. The summed E-state index contributed by atoms with van der Waals surface area (Å²) in [4.78, 5) is 12.9. The van der Waals surface area contributed by atoms with Crippen LogP contribution in [0.1, 0.15) is 37.4 Å². The molecule has 1 aliphatic heterocycles. The van der Waals surface area contributed by atoms with Crippen LogP contribution in [0.4, 0.5) is 5.69 Å². The van der Waals surface area contributed by atoms with Crippen LogP contribution in [0.3, 0.4) is 0 Å². The monoisotopic (exact) mass is 436 g/mol. The van der Waals surface area contributed by atoms with Crippen molar-refractivity contribution >= 4 is 33.2 Å². The summed E-state index contributed by atoms with van der Waals surface area (Å²) in [5.74, 6) is 0.326. The molecule has 2 aromatic rings. The second kappa shape index (κ2) is 7.88. The molecule has 0 saturated carbocycles. The van der Waals surface area contributed by atoms with E-state index < -0.39 is 21.5 Å². The molecule has 2 aromatic carbocycles. The van der Waals surface area contributed by atoms with Gasteiger partial charge in [-0.1, -0.05) is 35.9 Å². The molecule has 0 aliphatic carbocycles. The van der Waals surface area contributed by atoms with Crippen LogP contribution < -0.4 is 14.4 Å². The average Bonchev–Trinajstić information content (AvgIpc) is 2.60. The number of hydrogen-bond acceptors (Lipinski definition) is 4. The number of para-hydroxylation sites is 1. The second-order valence-electron chi connectivity index (χ2n) is 7.92. The van der Waals surface area contributed by atoms with Crippen molar-refractivity contribution in [3.63, 3.8) is 0 Å². The number of anilines is 1. The summed E-state index contributed by atoms with van der Waals surface area (Å²) in [7, 11) is -3.69. The van der Waals surface area contributed by atoms with E-state index in [9.17, 15) is 13.2 Å². The largest absolute Gasteiger partial charge is 0.487 e. The molecule has 29 heavy (non-hydrogen) atoms. The number of carbonyl (C=O) groups is 1. The quantitative estimate of drug-likeness (QED) is 0.772. The number of sulfonamides is 1. The number of fused-ring (bicyclic) bond motifs is 1. The lowest BCUT2D eigenvalue weighted by molar-refractivity contribution is -0.120. The first-order valence-electron chi connectivity index (χ1n) is 9.27. The van der Waals surface area contributed by atoms with Crippen LogP contribution in [0.2, 0.25) is 5.02 Å². The zero-order chi connectivity index (χ0) is 21.4. The van der Waals surface area contributed by atoms with E-state index in [4.69, 9.17) is 16.3 Å². The highest BCUT2D eigenvalue weighted by Crippen LogP contribution is 2.39. The summed E-state index contributed by atoms with van der Waals surface area (Å²) in [5.41, 5.74) is 1.53. The van der Waals surface area contributed by atoms with Crippen molar-refractivity contribution in [1.82, 2.24) is 5.32 Å². The number of nitrogens with zero attached hydrogens (tertiary/aromatic N) is 1. The number of nitrogens with one attached hydrogen (secondary N) is 1. The predicted molar refractivity (Wildman–Crippen MR) is 115 cm³/mol. The number of hydrogen-bond donors (Lipinski definition) is 1. The maximum atomic E-state index is 12.9. The highest BCUT2D eigenvalue weighted by molar-refractivity contribution is 7.92. The lowest BCUT2D eigenvalue weighted by atomic mass is 9.89. The summed E-state index contributed by atoms with van der Waals surface area (Å²) in [6, 6.07) is 12.2. The first-order valence-corrected chi connectivity index (χ1v) is 11.5. The molecule has 0 radical (unpaired) electrons. The van der Waals surface area contributed by atoms with Gasteiger partial charge in [-0.2, -0.15) is 0 Å². The molecule has 0 spiro atoms. The Balaban J connectivity index is 1.86. The molecular weight excluding hydrogens is 412 g/mol. The van der Waals surface area contributed by atoms with E-state index >= 15 is 0 Å². The molecule has 6 nitrogen and oxygen atoms in total. The lowest BCUT2D eigenvalue weighted by Crippen LogP contribution is -2.45. The molecule has 1 heterocycles. The van der Waals surface area contributed by atoms with Crippen molar-refractivity contribution in [2.75, 3.05) is 17.1 Å². The number of halogens is 1. The second-order valence-corrected chi connectivity index (χ2v) is 10.3. The van der Waals surface area contributed by atoms with E-state index in [0.717, 1.165) is 21.9 Å². The fourth-order valence-corrected chi connectivity index (χ4v) is 4.61. The summed E-state index contributed by atoms with van der Waals surface area (Å²) in [5, 5.41) is 3.38. The maximum Gasteiger partial charge on any atom is 0.241 e. The Morgan fingerprint density at radius 1 is 1.28 bits per heavy atom. The first-order chi connectivity index (χ1) is 13.5. The number of benzene rings is 2. The summed E-state index contributed by atoms with van der Waals surface area (Å²) in [6.07, 6.45) is 1.65. The Bertz CT molecular complexity index is 1040. The normalized spacial score (nSPS) is 17.8. The molecule has 0 aromatic heterocycles. The van der Waals surface area contributed by atoms with Crippen LogP contribution >= 0.6 is 11.6 Å². The summed E-state index contributed by atoms with van der Waals surface area (Å²) < 4.78 is 31.9. The molecule has 1 amide bonds. The summed E-state index contributed by atoms with van der Waals surface area (Å²) >= 11 is 6.05. The number of rotatable bonds is 5. The Morgan fingerprint density at radius 3 is 2.66 bits per heavy atom. The zero-order valence-electron chi connectivity index (χ0n) is 16.9. The highest BCUT2D eigenvalue weighted by atomic mass is 35.5. The van der Waals surface area contributed by atoms with E-state index in [-0.39, 0.29) is 12.6 Å². The van der Waals surface area contributed by atoms with E-state index in [0.29, 0.717) is 22.7 Å². The standard InChI is InChI=1S/C21H25ClN2O4S/c1-14-9-10-15(22)11-18(14)24(29(4,26)27)13-20(25)23-17-12-21(2,3)28-19-8-6-5-7-16(17)19/h5-11,17H,12-13H2,1-4H3,(H,23,25)/t17-/m1/s1. The SMILES string of the molecule is Cc1ccc(Cl)cc1N(CC(=O)N[C@@H]1CC(C)(C)Oc2ccccc21)S(C)(=O)=O. The first kappa shape index (κ1) is 21.5. The minimum absolute atomic E-state index is 0.274. The van der Waals surface area contributed by atoms with Gasteiger partial charge < -0.3 is 10.1 Å². The molecule has 1 aliphatic rings. The molecule has 1 atom stereocenters. The van der Waals surface area contributed by atoms with Crippen molar-refractivity contribution in [3.8, 4) is 5.75 Å². The average molecular weight is 437 g/mol. The van der Waals surface area contributed by atoms with Crippen molar-refractivity contribution < 1.29 is 17.9 Å². The lowest BCUT2D eigenvalue weighted by Gasteiger charge is -2.38. The molecule has 3 rings (SSSR count). The molecule has 8 heteroatoms. The molecule has 156 valence electrons. The van der Waals surface area contributed by atoms with Gasteiger partial charge in [0.25, 0.3) is 0 Å². The molecule has 1 N–H and O–H groups in total. The Labute approximate surface area is 176 Å². The van der Waals surface area contributed by atoms with E-state index in [1.807, 2.05) is 38.1 Å². The van der Waals surface area contributed by atoms with Crippen molar-refractivity contribution in [2.45, 2.75) is 38.8 Å². The van der Waals surface area contributed by atoms with Gasteiger partial charge in [-0.15, -0.1) is 0 Å². The van der Waals surface area contributed by atoms with Crippen molar-refractivity contribution in [2.24, 2.45) is 0 Å². The van der Waals surface area contributed by atoms with Gasteiger partial charge in [-0.05, 0) is 44.5 Å². The minimum atomic E-state index is -3.69. The third kappa shape index (κ3) is 5.03. The van der Waals surface area contributed by atoms with Gasteiger partial charge in [0.2, 0.25) is 15.9 Å². The third-order valence-electron chi connectivity index (χ3n) is 4.84. The molecule has 0 unspecified atom stereocenters. The van der Waals surface area contributed by atoms with Gasteiger partial charge in [0.15, 0.2) is 0 Å². The van der Waals surface area contributed by atoms with Gasteiger partial charge in [0.1, 0.15) is 17.9 Å². The fraction of sp³-hybridized carbons (Fsp3) is 0.381. The zero-order valence-corrected chi connectivity index (χ0v) is 18.5. The van der Waals surface area contributed by atoms with Gasteiger partial charge in [-0.3, -0.25) is 9.10 Å². The van der Waals surface area contributed by atoms with E-state index in [2.05, 4.69) is 5.32 Å². The van der Waals surface area contributed by atoms with Gasteiger partial charge in [0.05, 0.1) is 18.0 Å². The highest BCUT2D eigenvalue weighted by Gasteiger charge is 2.35. The van der Waals surface area contributed by atoms with Gasteiger partial charge >= 0.3 is 0 Å². The van der Waals surface area contributed by atoms with Crippen LogP contribution in [0, 0.1) is 6.92 Å². The molecule has 0 bridgehead atoms. The number of amides is 1. The van der Waals surface area contributed by atoms with Gasteiger partial charge in [-0.25, -0.2) is 8.42 Å². The van der Waals surface area contributed by atoms with Crippen LogP contribution in [0.5, 0.6) is 5.75 Å². The van der Waals surface area contributed by atoms with Crippen LogP contribution in [0.15, 0.2) is 42.5 Å². The molecule has 0 fully saturated rings. The summed E-state index contributed by atoms with van der Waals surface area (Å²) in [6.45, 7) is 5.36. The third-order valence-corrected chi connectivity index (χ3v) is 6.20. The van der Waals surface area contributed by atoms with Gasteiger partial charge in [0, 0.05) is 17.0 Å². The van der Waals surface area contributed by atoms with Crippen molar-refractivity contribution in [1.29, 1.82) is 0 Å².